The molecular weight excluding hydrogens is 430 g/mol. The second-order valence-corrected chi connectivity index (χ2v) is 9.91. The summed E-state index contributed by atoms with van der Waals surface area (Å²) in [6.07, 6.45) is 0. The van der Waals surface area contributed by atoms with Crippen molar-refractivity contribution in [2.75, 3.05) is 5.32 Å². The van der Waals surface area contributed by atoms with Gasteiger partial charge in [-0.15, -0.1) is 34.0 Å². The Bertz CT molecular complexity index is 1350. The first-order valence-electron chi connectivity index (χ1n) is 9.37. The van der Waals surface area contributed by atoms with E-state index in [2.05, 4.69) is 53.4 Å². The molecule has 3 aromatic heterocycles. The summed E-state index contributed by atoms with van der Waals surface area (Å²) < 4.78 is 1.15. The number of nitrogens with one attached hydrogen (secondary N) is 1. The van der Waals surface area contributed by atoms with Gasteiger partial charge < -0.3 is 0 Å². The molecule has 30 heavy (non-hydrogen) atoms. The van der Waals surface area contributed by atoms with Crippen molar-refractivity contribution in [1.82, 2.24) is 9.97 Å². The van der Waals surface area contributed by atoms with Crippen molar-refractivity contribution in [3.8, 4) is 21.1 Å². The Labute approximate surface area is 185 Å². The van der Waals surface area contributed by atoms with Gasteiger partial charge in [0, 0.05) is 10.9 Å². The molecule has 1 N–H and O–H groups in total. The number of fused-ring (bicyclic) bond motifs is 1. The number of aryl methyl sites for hydroxylation is 2. The highest BCUT2D eigenvalue weighted by atomic mass is 32.1. The lowest BCUT2D eigenvalue weighted by molar-refractivity contribution is 0.103. The number of rotatable bonds is 4. The lowest BCUT2D eigenvalue weighted by atomic mass is 10.1. The van der Waals surface area contributed by atoms with E-state index in [1.807, 2.05) is 35.7 Å². The van der Waals surface area contributed by atoms with Crippen molar-refractivity contribution in [3.63, 3.8) is 0 Å². The highest BCUT2D eigenvalue weighted by molar-refractivity contribution is 7.26. The Balaban J connectivity index is 1.34. The van der Waals surface area contributed by atoms with E-state index in [1.165, 1.54) is 33.8 Å². The van der Waals surface area contributed by atoms with Crippen LogP contribution in [-0.4, -0.2) is 15.9 Å². The molecule has 0 radical (unpaired) electrons. The van der Waals surface area contributed by atoms with Crippen molar-refractivity contribution >= 4 is 55.3 Å². The van der Waals surface area contributed by atoms with Gasteiger partial charge in [0.1, 0.15) is 5.01 Å². The zero-order valence-corrected chi connectivity index (χ0v) is 18.8. The van der Waals surface area contributed by atoms with Crippen molar-refractivity contribution in [1.29, 1.82) is 0 Å². The molecule has 0 aliphatic carbocycles. The second kappa shape index (κ2) is 7.75. The molecule has 0 bridgehead atoms. The number of thiazole rings is 2. The van der Waals surface area contributed by atoms with Gasteiger partial charge in [-0.1, -0.05) is 24.3 Å². The van der Waals surface area contributed by atoms with E-state index in [9.17, 15) is 4.79 Å². The number of anilines is 1. The van der Waals surface area contributed by atoms with Gasteiger partial charge in [0.2, 0.25) is 0 Å². The molecule has 4 nitrogen and oxygen atoms in total. The average molecular weight is 448 g/mol. The normalized spacial score (nSPS) is 11.1. The van der Waals surface area contributed by atoms with Gasteiger partial charge in [-0.3, -0.25) is 10.1 Å². The van der Waals surface area contributed by atoms with Crippen LogP contribution in [0.5, 0.6) is 0 Å². The third-order valence-electron chi connectivity index (χ3n) is 4.86. The van der Waals surface area contributed by atoms with Gasteiger partial charge in [0.15, 0.2) is 5.13 Å². The van der Waals surface area contributed by atoms with Crippen LogP contribution in [-0.2, 0) is 0 Å². The molecule has 0 fully saturated rings. The largest absolute Gasteiger partial charge is 0.297 e. The molecule has 0 unspecified atom stereocenters. The molecule has 1 amide bonds. The minimum absolute atomic E-state index is 0.145. The number of carbonyl (C=O) groups excluding carboxylic acids is 1. The van der Waals surface area contributed by atoms with Gasteiger partial charge in [-0.25, -0.2) is 9.97 Å². The fourth-order valence-electron chi connectivity index (χ4n) is 3.08. The average Bonchev–Trinajstić information content (AvgIpc) is 3.48. The van der Waals surface area contributed by atoms with E-state index in [1.54, 1.807) is 11.3 Å². The number of thiophene rings is 1. The molecule has 5 aromatic rings. The van der Waals surface area contributed by atoms with Crippen molar-refractivity contribution in [3.05, 3.63) is 76.0 Å². The molecule has 0 aliphatic heterocycles. The second-order valence-electron chi connectivity index (χ2n) is 6.94. The number of benzene rings is 2. The lowest BCUT2D eigenvalue weighted by Gasteiger charge is -2.02. The molecule has 2 aromatic carbocycles. The molecule has 0 saturated heterocycles. The van der Waals surface area contributed by atoms with Crippen molar-refractivity contribution in [2.45, 2.75) is 13.8 Å². The summed E-state index contributed by atoms with van der Waals surface area (Å²) in [5.74, 6) is -0.145. The van der Waals surface area contributed by atoms with Gasteiger partial charge in [-0.05, 0) is 55.3 Å². The first-order chi connectivity index (χ1) is 14.6. The third kappa shape index (κ3) is 3.67. The number of amides is 1. The van der Waals surface area contributed by atoms with Gasteiger partial charge in [0.25, 0.3) is 5.91 Å². The Morgan fingerprint density at radius 2 is 1.80 bits per heavy atom. The maximum absolute atomic E-state index is 12.7. The van der Waals surface area contributed by atoms with Crippen LogP contribution in [0.25, 0.3) is 31.4 Å². The van der Waals surface area contributed by atoms with E-state index in [0.717, 1.165) is 31.4 Å². The quantitative estimate of drug-likeness (QED) is 0.322. The minimum Gasteiger partial charge on any atom is -0.297 e. The Hall–Kier alpha value is -2.87. The SMILES string of the molecule is Cc1ccc(-c2csc(NC(=O)c3ccc(-c4nc5ccccc5s4)s3)n2)cc1C. The Morgan fingerprint density at radius 1 is 0.933 bits per heavy atom. The van der Waals surface area contributed by atoms with Crippen LogP contribution in [0.1, 0.15) is 20.8 Å². The minimum atomic E-state index is -0.145. The van der Waals surface area contributed by atoms with E-state index in [-0.39, 0.29) is 5.91 Å². The number of carbonyl (C=O) groups is 1. The molecule has 0 aliphatic rings. The molecule has 3 heterocycles. The van der Waals surface area contributed by atoms with E-state index >= 15 is 0 Å². The maximum Gasteiger partial charge on any atom is 0.267 e. The van der Waals surface area contributed by atoms with E-state index < -0.39 is 0 Å². The number of nitrogens with zero attached hydrogens (tertiary/aromatic N) is 2. The fraction of sp³-hybridized carbons (Fsp3) is 0.0870. The summed E-state index contributed by atoms with van der Waals surface area (Å²) in [6, 6.07) is 18.2. The number of hydrogen-bond donors (Lipinski definition) is 1. The predicted octanol–water partition coefficient (Wildman–Crippen LogP) is 7.02. The molecular formula is C23H17N3OS3. The zero-order valence-electron chi connectivity index (χ0n) is 16.3. The standard InChI is InChI=1S/C23H17N3OS3/c1-13-7-8-15(11-14(13)2)17-12-28-23(25-17)26-21(27)19-9-10-20(29-19)22-24-16-5-3-4-6-18(16)30-22/h3-12H,1-2H3,(H,25,26,27). The lowest BCUT2D eigenvalue weighted by Crippen LogP contribution is -2.09. The predicted molar refractivity (Wildman–Crippen MR) is 128 cm³/mol. The number of para-hydroxylation sites is 1. The van der Waals surface area contributed by atoms with Crippen LogP contribution in [0.4, 0.5) is 5.13 Å². The van der Waals surface area contributed by atoms with E-state index in [0.29, 0.717) is 10.0 Å². The number of hydrogen-bond acceptors (Lipinski definition) is 6. The third-order valence-corrected chi connectivity index (χ3v) is 7.91. The first-order valence-corrected chi connectivity index (χ1v) is 11.9. The summed E-state index contributed by atoms with van der Waals surface area (Å²) in [5, 5.41) is 6.44. The zero-order chi connectivity index (χ0) is 20.7. The van der Waals surface area contributed by atoms with Crippen LogP contribution >= 0.6 is 34.0 Å². The summed E-state index contributed by atoms with van der Waals surface area (Å²) in [7, 11) is 0. The monoisotopic (exact) mass is 447 g/mol. The molecule has 0 spiro atoms. The summed E-state index contributed by atoms with van der Waals surface area (Å²) in [4.78, 5) is 23.6. The van der Waals surface area contributed by atoms with Crippen LogP contribution < -0.4 is 5.32 Å². The molecule has 0 atom stereocenters. The Morgan fingerprint density at radius 3 is 2.63 bits per heavy atom. The molecule has 5 rings (SSSR count). The van der Waals surface area contributed by atoms with Crippen molar-refractivity contribution in [2.24, 2.45) is 0 Å². The van der Waals surface area contributed by atoms with Gasteiger partial charge >= 0.3 is 0 Å². The summed E-state index contributed by atoms with van der Waals surface area (Å²) >= 11 is 4.52. The highest BCUT2D eigenvalue weighted by Crippen LogP contribution is 2.35. The molecule has 148 valence electrons. The first kappa shape index (κ1) is 19.1. The van der Waals surface area contributed by atoms with E-state index in [4.69, 9.17) is 0 Å². The van der Waals surface area contributed by atoms with Crippen LogP contribution in [0.2, 0.25) is 0 Å². The summed E-state index contributed by atoms with van der Waals surface area (Å²) in [5.41, 5.74) is 5.40. The van der Waals surface area contributed by atoms with Gasteiger partial charge in [-0.2, -0.15) is 0 Å². The number of aromatic nitrogens is 2. The molecule has 0 saturated carbocycles. The van der Waals surface area contributed by atoms with Crippen LogP contribution in [0.15, 0.2) is 60.0 Å². The maximum atomic E-state index is 12.7. The van der Waals surface area contributed by atoms with Crippen LogP contribution in [0, 0.1) is 13.8 Å². The smallest absolute Gasteiger partial charge is 0.267 e. The fourth-order valence-corrected chi connectivity index (χ4v) is 5.71. The summed E-state index contributed by atoms with van der Waals surface area (Å²) in [6.45, 7) is 4.18. The van der Waals surface area contributed by atoms with Crippen molar-refractivity contribution < 1.29 is 4.79 Å². The van der Waals surface area contributed by atoms with Crippen LogP contribution in [0.3, 0.4) is 0 Å². The topological polar surface area (TPSA) is 54.9 Å². The highest BCUT2D eigenvalue weighted by Gasteiger charge is 2.15. The van der Waals surface area contributed by atoms with Gasteiger partial charge in [0.05, 0.1) is 25.7 Å². The Kier molecular flexibility index (Phi) is 4.94. The molecule has 7 heteroatoms.